The molecule has 34 heavy (non-hydrogen) atoms. The van der Waals surface area contributed by atoms with Crippen LogP contribution in [0.1, 0.15) is 18.5 Å². The zero-order valence-electron chi connectivity index (χ0n) is 18.0. The van der Waals surface area contributed by atoms with E-state index in [0.717, 1.165) is 4.90 Å². The van der Waals surface area contributed by atoms with Crippen molar-refractivity contribution in [1.82, 2.24) is 15.5 Å². The number of esters is 1. The summed E-state index contributed by atoms with van der Waals surface area (Å²) in [7, 11) is 0. The van der Waals surface area contributed by atoms with Crippen molar-refractivity contribution in [2.24, 2.45) is 0 Å². The lowest BCUT2D eigenvalue weighted by molar-refractivity contribution is -0.151. The first-order valence-corrected chi connectivity index (χ1v) is 12.3. The summed E-state index contributed by atoms with van der Waals surface area (Å²) in [4.78, 5) is 62.0. The minimum Gasteiger partial charge on any atom is -0.477 e. The number of nitrogens with one attached hydrogen (secondary N) is 2. The van der Waals surface area contributed by atoms with Crippen molar-refractivity contribution in [2.45, 2.75) is 24.4 Å². The number of hydrogen-bond acceptors (Lipinski definition) is 8. The molecule has 0 unspecified atom stereocenters. The third-order valence-electron chi connectivity index (χ3n) is 4.96. The van der Waals surface area contributed by atoms with Crippen LogP contribution in [0.4, 0.5) is 4.79 Å². The van der Waals surface area contributed by atoms with Crippen LogP contribution < -0.4 is 10.6 Å². The van der Waals surface area contributed by atoms with E-state index in [1.54, 1.807) is 30.3 Å². The summed E-state index contributed by atoms with van der Waals surface area (Å²) in [5, 5.41) is 14.5. The predicted octanol–water partition coefficient (Wildman–Crippen LogP) is 1.15. The summed E-state index contributed by atoms with van der Waals surface area (Å²) < 4.78 is 9.88. The Hall–Kier alpha value is -3.06. The Morgan fingerprint density at radius 3 is 2.56 bits per heavy atom. The number of aliphatic carboxylic acids is 1. The average Bonchev–Trinajstić information content (AvgIpc) is 2.82. The second kappa shape index (κ2) is 11.4. The van der Waals surface area contributed by atoms with Gasteiger partial charge in [-0.25, -0.2) is 9.59 Å². The van der Waals surface area contributed by atoms with Crippen molar-refractivity contribution >= 4 is 57.5 Å². The maximum Gasteiger partial charge on any atom is 0.408 e. The van der Waals surface area contributed by atoms with E-state index in [2.05, 4.69) is 26.6 Å². The van der Waals surface area contributed by atoms with Crippen LogP contribution in [0.3, 0.4) is 0 Å². The molecule has 13 heteroatoms. The van der Waals surface area contributed by atoms with Gasteiger partial charge in [0.1, 0.15) is 36.4 Å². The fourth-order valence-corrected chi connectivity index (χ4v) is 4.95. The first-order valence-electron chi connectivity index (χ1n) is 10.1. The van der Waals surface area contributed by atoms with Crippen LogP contribution in [-0.2, 0) is 28.7 Å². The Morgan fingerprint density at radius 1 is 1.24 bits per heavy atom. The number of carboxylic acids is 1. The molecule has 3 rings (SSSR count). The van der Waals surface area contributed by atoms with E-state index in [9.17, 15) is 29.1 Å². The van der Waals surface area contributed by atoms with Crippen LogP contribution in [-0.4, -0.2) is 75.6 Å². The van der Waals surface area contributed by atoms with E-state index in [4.69, 9.17) is 9.47 Å². The number of carboxylic acid groups (broad SMARTS) is 1. The molecule has 0 radical (unpaired) electrons. The van der Waals surface area contributed by atoms with Crippen LogP contribution in [0.25, 0.3) is 0 Å². The van der Waals surface area contributed by atoms with Gasteiger partial charge in [-0.3, -0.25) is 19.3 Å². The summed E-state index contributed by atoms with van der Waals surface area (Å²) in [5.74, 6) is -2.96. The summed E-state index contributed by atoms with van der Waals surface area (Å²) in [5.41, 5.74) is 0.516. The maximum absolute atomic E-state index is 13.1. The van der Waals surface area contributed by atoms with Crippen LogP contribution in [0.15, 0.2) is 41.6 Å². The Labute approximate surface area is 207 Å². The van der Waals surface area contributed by atoms with Crippen molar-refractivity contribution in [2.75, 3.05) is 24.3 Å². The maximum atomic E-state index is 13.1. The van der Waals surface area contributed by atoms with Gasteiger partial charge in [-0.2, -0.15) is 0 Å². The van der Waals surface area contributed by atoms with E-state index in [1.807, 2.05) is 0 Å². The standard InChI is InChI=1S/C21H22BrN3O8S/c1-11(26)33-9-13-10-34-19-15(18(28)25(19)16(13)20(29)30)23-17(27)14(12-5-3-2-4-6-12)24-21(31)32-8-7-22/h2-6,14-15,19H,7-10H2,1H3,(H,23,27)(H,24,31)(H,29,30)/t14-,15+,19-/m0/s1. The van der Waals surface area contributed by atoms with Crippen molar-refractivity contribution in [1.29, 1.82) is 0 Å². The van der Waals surface area contributed by atoms with Crippen molar-refractivity contribution in [3.63, 3.8) is 0 Å². The molecule has 3 atom stereocenters. The van der Waals surface area contributed by atoms with Crippen molar-refractivity contribution in [3.8, 4) is 0 Å². The zero-order chi connectivity index (χ0) is 24.8. The van der Waals surface area contributed by atoms with Crippen molar-refractivity contribution in [3.05, 3.63) is 47.2 Å². The van der Waals surface area contributed by atoms with E-state index in [0.29, 0.717) is 16.5 Å². The summed E-state index contributed by atoms with van der Waals surface area (Å²) in [6.45, 7) is 1.06. The number of halogens is 1. The molecule has 182 valence electrons. The summed E-state index contributed by atoms with van der Waals surface area (Å²) >= 11 is 4.38. The quantitative estimate of drug-likeness (QED) is 0.231. The number of thioether (sulfide) groups is 1. The van der Waals surface area contributed by atoms with Crippen LogP contribution in [0.5, 0.6) is 0 Å². The second-order valence-corrected chi connectivity index (χ2v) is 9.14. The first kappa shape index (κ1) is 25.6. The number of hydrogen-bond donors (Lipinski definition) is 3. The molecule has 1 aromatic rings. The van der Waals surface area contributed by atoms with Gasteiger partial charge in [0.2, 0.25) is 5.91 Å². The van der Waals surface area contributed by atoms with E-state index in [1.165, 1.54) is 18.7 Å². The molecule has 1 saturated heterocycles. The van der Waals surface area contributed by atoms with Gasteiger partial charge in [-0.1, -0.05) is 46.3 Å². The Balaban J connectivity index is 1.75. The zero-order valence-corrected chi connectivity index (χ0v) is 20.4. The van der Waals surface area contributed by atoms with Gasteiger partial charge in [0.15, 0.2) is 0 Å². The number of fused-ring (bicyclic) bond motifs is 1. The van der Waals surface area contributed by atoms with Crippen LogP contribution in [0, 0.1) is 0 Å². The van der Waals surface area contributed by atoms with E-state index < -0.39 is 47.3 Å². The highest BCUT2D eigenvalue weighted by atomic mass is 79.9. The van der Waals surface area contributed by atoms with Crippen LogP contribution >= 0.6 is 27.7 Å². The summed E-state index contributed by atoms with van der Waals surface area (Å²) in [6, 6.07) is 6.31. The lowest BCUT2D eigenvalue weighted by Gasteiger charge is -2.49. The highest BCUT2D eigenvalue weighted by Crippen LogP contribution is 2.40. The first-order chi connectivity index (χ1) is 16.2. The number of nitrogens with zero attached hydrogens (tertiary/aromatic N) is 1. The van der Waals surface area contributed by atoms with Gasteiger partial charge in [0.25, 0.3) is 5.91 Å². The fraction of sp³-hybridized carbons (Fsp3) is 0.381. The van der Waals surface area contributed by atoms with E-state index in [-0.39, 0.29) is 24.7 Å². The minimum absolute atomic E-state index is 0.101. The third-order valence-corrected chi connectivity index (χ3v) is 6.63. The topological polar surface area (TPSA) is 151 Å². The normalized spacial score (nSPS) is 19.9. The highest BCUT2D eigenvalue weighted by molar-refractivity contribution is 9.09. The number of alkyl carbamates (subject to hydrolysis) is 1. The number of carbonyl (C=O) groups is 5. The Morgan fingerprint density at radius 2 is 1.94 bits per heavy atom. The molecular formula is C21H22BrN3O8S. The van der Waals surface area contributed by atoms with Gasteiger partial charge in [0.05, 0.1) is 0 Å². The number of benzene rings is 1. The van der Waals surface area contributed by atoms with Gasteiger partial charge < -0.3 is 25.2 Å². The van der Waals surface area contributed by atoms with Gasteiger partial charge in [-0.05, 0) is 5.56 Å². The molecule has 2 aliphatic heterocycles. The third kappa shape index (κ3) is 5.70. The predicted molar refractivity (Wildman–Crippen MR) is 124 cm³/mol. The lowest BCUT2D eigenvalue weighted by atomic mass is 10.0. The number of rotatable bonds is 9. The van der Waals surface area contributed by atoms with Gasteiger partial charge in [-0.15, -0.1) is 11.8 Å². The van der Waals surface area contributed by atoms with Crippen LogP contribution in [0.2, 0.25) is 0 Å². The number of alkyl halides is 1. The molecule has 3 amide bonds. The molecule has 3 N–H and O–H groups in total. The molecule has 0 bridgehead atoms. The lowest BCUT2D eigenvalue weighted by Crippen LogP contribution is -2.71. The number of β-lactam (4-membered cyclic amide) rings is 1. The number of amides is 3. The monoisotopic (exact) mass is 555 g/mol. The SMILES string of the molecule is CC(=O)OCC1=C(C(=O)O)N2C(=O)[C@@H](NC(=O)[C@@H](NC(=O)OCCBr)c3ccccc3)[C@@H]2SC1. The van der Waals surface area contributed by atoms with Gasteiger partial charge in [0, 0.05) is 23.6 Å². The Bertz CT molecular complexity index is 1020. The molecule has 1 aromatic carbocycles. The molecule has 11 nitrogen and oxygen atoms in total. The van der Waals surface area contributed by atoms with E-state index >= 15 is 0 Å². The average molecular weight is 556 g/mol. The molecule has 1 fully saturated rings. The molecule has 0 saturated carbocycles. The second-order valence-electron chi connectivity index (χ2n) is 7.25. The molecule has 2 aliphatic rings. The fourth-order valence-electron chi connectivity index (χ4n) is 3.46. The molecular weight excluding hydrogens is 534 g/mol. The Kier molecular flexibility index (Phi) is 8.56. The molecule has 0 spiro atoms. The summed E-state index contributed by atoms with van der Waals surface area (Å²) in [6.07, 6.45) is -0.803. The molecule has 0 aromatic heterocycles. The highest BCUT2D eigenvalue weighted by Gasteiger charge is 2.54. The molecule has 2 heterocycles. The number of ether oxygens (including phenoxy) is 2. The number of carbonyl (C=O) groups excluding carboxylic acids is 4. The molecule has 0 aliphatic carbocycles. The largest absolute Gasteiger partial charge is 0.477 e. The van der Waals surface area contributed by atoms with Gasteiger partial charge >= 0.3 is 18.0 Å². The minimum atomic E-state index is -1.33. The van der Waals surface area contributed by atoms with Crippen molar-refractivity contribution < 1.29 is 38.6 Å². The smallest absolute Gasteiger partial charge is 0.408 e.